The number of nitrogens with one attached hydrogen (secondary N) is 1. The average molecular weight is 342 g/mol. The molecule has 0 spiro atoms. The van der Waals surface area contributed by atoms with Crippen molar-refractivity contribution in [2.45, 2.75) is 43.8 Å². The quantitative estimate of drug-likeness (QED) is 0.860. The van der Waals surface area contributed by atoms with Crippen LogP contribution in [0.5, 0.6) is 5.75 Å². The van der Waals surface area contributed by atoms with Crippen molar-refractivity contribution in [3.63, 3.8) is 0 Å². The molecule has 2 aliphatic heterocycles. The number of fused-ring (bicyclic) bond motifs is 3. The second-order valence-electron chi connectivity index (χ2n) is 7.01. The van der Waals surface area contributed by atoms with E-state index in [4.69, 9.17) is 9.15 Å². The van der Waals surface area contributed by atoms with Crippen molar-refractivity contribution in [2.24, 2.45) is 0 Å². The normalized spacial score (nSPS) is 25.1. The molecular weight excluding hydrogens is 320 g/mol. The summed E-state index contributed by atoms with van der Waals surface area (Å²) in [6.45, 7) is -0.0155. The Labute approximate surface area is 145 Å². The van der Waals surface area contributed by atoms with Crippen LogP contribution in [0.4, 0.5) is 0 Å². The fourth-order valence-electron chi connectivity index (χ4n) is 3.92. The molecule has 132 valence electrons. The summed E-state index contributed by atoms with van der Waals surface area (Å²) in [6.07, 6.45) is 4.45. The van der Waals surface area contributed by atoms with Crippen LogP contribution in [-0.2, 0) is 4.79 Å². The monoisotopic (exact) mass is 342 g/mol. The molecular formula is C19H22N2O4. The van der Waals surface area contributed by atoms with E-state index in [-0.39, 0.29) is 18.6 Å². The first-order chi connectivity index (χ1) is 12.1. The van der Waals surface area contributed by atoms with E-state index in [9.17, 15) is 9.59 Å². The SMILES string of the molecule is CN(C(=O)COc1ccc2ccc(=O)oc2c1)C1CC2CCC(C1)N2. The van der Waals surface area contributed by atoms with Crippen LogP contribution in [0.1, 0.15) is 25.7 Å². The van der Waals surface area contributed by atoms with Crippen LogP contribution in [-0.4, -0.2) is 42.6 Å². The van der Waals surface area contributed by atoms with E-state index in [1.165, 1.54) is 18.9 Å². The Bertz CT molecular complexity index is 835. The van der Waals surface area contributed by atoms with Gasteiger partial charge in [0.1, 0.15) is 11.3 Å². The third kappa shape index (κ3) is 3.39. The number of nitrogens with zero attached hydrogens (tertiary/aromatic N) is 1. The number of benzene rings is 1. The fourth-order valence-corrected chi connectivity index (χ4v) is 3.92. The predicted molar refractivity (Wildman–Crippen MR) is 93.7 cm³/mol. The Morgan fingerprint density at radius 1 is 1.24 bits per heavy atom. The van der Waals surface area contributed by atoms with E-state index in [1.54, 1.807) is 18.2 Å². The minimum Gasteiger partial charge on any atom is -0.484 e. The van der Waals surface area contributed by atoms with E-state index in [0.717, 1.165) is 18.2 Å². The molecule has 25 heavy (non-hydrogen) atoms. The van der Waals surface area contributed by atoms with Crippen molar-refractivity contribution in [3.8, 4) is 5.75 Å². The van der Waals surface area contributed by atoms with Crippen LogP contribution in [0.15, 0.2) is 39.5 Å². The highest BCUT2D eigenvalue weighted by molar-refractivity contribution is 5.79. The molecule has 0 radical (unpaired) electrons. The Kier molecular flexibility index (Phi) is 4.21. The van der Waals surface area contributed by atoms with E-state index in [0.29, 0.717) is 23.4 Å². The molecule has 2 saturated heterocycles. The molecule has 2 aromatic rings. The highest BCUT2D eigenvalue weighted by atomic mass is 16.5. The number of rotatable bonds is 4. The zero-order valence-electron chi connectivity index (χ0n) is 14.2. The van der Waals surface area contributed by atoms with Crippen LogP contribution in [0.2, 0.25) is 0 Å². The molecule has 2 unspecified atom stereocenters. The Morgan fingerprint density at radius 3 is 2.72 bits per heavy atom. The van der Waals surface area contributed by atoms with Gasteiger partial charge in [-0.15, -0.1) is 0 Å². The van der Waals surface area contributed by atoms with Crippen LogP contribution >= 0.6 is 0 Å². The summed E-state index contributed by atoms with van der Waals surface area (Å²) in [6, 6.07) is 9.70. The van der Waals surface area contributed by atoms with Gasteiger partial charge < -0.3 is 19.4 Å². The lowest BCUT2D eigenvalue weighted by Gasteiger charge is -2.35. The number of hydrogen-bond acceptors (Lipinski definition) is 5. The van der Waals surface area contributed by atoms with Crippen LogP contribution < -0.4 is 15.7 Å². The number of likely N-dealkylation sites (N-methyl/N-ethyl adjacent to an activating group) is 1. The third-order valence-electron chi connectivity index (χ3n) is 5.35. The molecule has 1 aromatic heterocycles. The number of hydrogen-bond donors (Lipinski definition) is 1. The molecule has 4 rings (SSSR count). The number of amides is 1. The maximum atomic E-state index is 12.5. The maximum Gasteiger partial charge on any atom is 0.336 e. The molecule has 1 aromatic carbocycles. The summed E-state index contributed by atoms with van der Waals surface area (Å²) in [4.78, 5) is 25.6. The summed E-state index contributed by atoms with van der Waals surface area (Å²) in [5.74, 6) is 0.495. The van der Waals surface area contributed by atoms with Gasteiger partial charge in [0.2, 0.25) is 0 Å². The average Bonchev–Trinajstić information content (AvgIpc) is 2.96. The van der Waals surface area contributed by atoms with E-state index >= 15 is 0 Å². The lowest BCUT2D eigenvalue weighted by molar-refractivity contribution is -0.134. The number of carbonyl (C=O) groups is 1. The third-order valence-corrected chi connectivity index (χ3v) is 5.35. The van der Waals surface area contributed by atoms with Gasteiger partial charge in [-0.2, -0.15) is 0 Å². The minimum absolute atomic E-state index is 0.0155. The van der Waals surface area contributed by atoms with Crippen LogP contribution in [0, 0.1) is 0 Å². The van der Waals surface area contributed by atoms with E-state index in [1.807, 2.05) is 18.0 Å². The lowest BCUT2D eigenvalue weighted by Crippen LogP contribution is -2.49. The van der Waals surface area contributed by atoms with Crippen molar-refractivity contribution < 1.29 is 13.9 Å². The second-order valence-corrected chi connectivity index (χ2v) is 7.01. The van der Waals surface area contributed by atoms with Gasteiger partial charge in [0, 0.05) is 42.7 Å². The standard InChI is InChI=1S/C19H22N2O4/c1-21(15-8-13-4-5-14(9-15)20-13)18(22)11-24-16-6-2-12-3-7-19(23)25-17(12)10-16/h2-3,6-7,10,13-15,20H,4-5,8-9,11H2,1H3. The first kappa shape index (κ1) is 16.1. The Hall–Kier alpha value is -2.34. The lowest BCUT2D eigenvalue weighted by atomic mass is 9.98. The highest BCUT2D eigenvalue weighted by Gasteiger charge is 2.36. The Morgan fingerprint density at radius 2 is 1.96 bits per heavy atom. The van der Waals surface area contributed by atoms with Crippen molar-refractivity contribution in [1.29, 1.82) is 0 Å². The van der Waals surface area contributed by atoms with Crippen LogP contribution in [0.25, 0.3) is 11.0 Å². The summed E-state index contributed by atoms with van der Waals surface area (Å²) in [7, 11) is 1.86. The molecule has 1 amide bonds. The summed E-state index contributed by atoms with van der Waals surface area (Å²) >= 11 is 0. The van der Waals surface area contributed by atoms with Crippen LogP contribution in [0.3, 0.4) is 0 Å². The first-order valence-electron chi connectivity index (χ1n) is 8.77. The molecule has 2 bridgehead atoms. The van der Waals surface area contributed by atoms with Crippen molar-refractivity contribution in [2.75, 3.05) is 13.7 Å². The first-order valence-corrected chi connectivity index (χ1v) is 8.77. The predicted octanol–water partition coefficient (Wildman–Crippen LogP) is 1.91. The number of carbonyl (C=O) groups excluding carboxylic acids is 1. The zero-order valence-corrected chi connectivity index (χ0v) is 14.2. The topological polar surface area (TPSA) is 71.8 Å². The van der Waals surface area contributed by atoms with Gasteiger partial charge in [-0.25, -0.2) is 4.79 Å². The minimum atomic E-state index is -0.402. The van der Waals surface area contributed by atoms with Gasteiger partial charge in [-0.1, -0.05) is 0 Å². The molecule has 6 heteroatoms. The molecule has 1 N–H and O–H groups in total. The molecule has 6 nitrogen and oxygen atoms in total. The van der Waals surface area contributed by atoms with Crippen molar-refractivity contribution >= 4 is 16.9 Å². The number of ether oxygens (including phenoxy) is 1. The van der Waals surface area contributed by atoms with Gasteiger partial charge >= 0.3 is 5.63 Å². The summed E-state index contributed by atoms with van der Waals surface area (Å²) in [5, 5.41) is 4.41. The van der Waals surface area contributed by atoms with Gasteiger partial charge in [-0.3, -0.25) is 4.79 Å². The number of piperidine rings is 1. The molecule has 0 saturated carbocycles. The Balaban J connectivity index is 1.38. The van der Waals surface area contributed by atoms with Crippen molar-refractivity contribution in [3.05, 3.63) is 40.8 Å². The van der Waals surface area contributed by atoms with Gasteiger partial charge in [0.25, 0.3) is 5.91 Å². The van der Waals surface area contributed by atoms with Crippen molar-refractivity contribution in [1.82, 2.24) is 10.2 Å². The van der Waals surface area contributed by atoms with Gasteiger partial charge in [-0.05, 0) is 43.9 Å². The summed E-state index contributed by atoms with van der Waals surface area (Å²) < 4.78 is 10.8. The molecule has 0 aliphatic carbocycles. The highest BCUT2D eigenvalue weighted by Crippen LogP contribution is 2.29. The van der Waals surface area contributed by atoms with E-state index in [2.05, 4.69) is 5.32 Å². The largest absolute Gasteiger partial charge is 0.484 e. The van der Waals surface area contributed by atoms with E-state index < -0.39 is 5.63 Å². The zero-order chi connectivity index (χ0) is 17.4. The smallest absolute Gasteiger partial charge is 0.336 e. The maximum absolute atomic E-state index is 12.5. The fraction of sp³-hybridized carbons (Fsp3) is 0.474. The summed E-state index contributed by atoms with van der Waals surface area (Å²) in [5.41, 5.74) is 0.0572. The molecule has 2 aliphatic rings. The molecule has 2 atom stereocenters. The van der Waals surface area contributed by atoms with Gasteiger partial charge in [0.05, 0.1) is 0 Å². The second kappa shape index (κ2) is 6.52. The molecule has 3 heterocycles. The van der Waals surface area contributed by atoms with Gasteiger partial charge in [0.15, 0.2) is 6.61 Å². The molecule has 2 fully saturated rings.